The minimum absolute atomic E-state index is 0.0729. The van der Waals surface area contributed by atoms with E-state index in [-0.39, 0.29) is 5.91 Å². The van der Waals surface area contributed by atoms with Crippen LogP contribution in [0.25, 0.3) is 0 Å². The molecule has 0 aliphatic rings. The van der Waals surface area contributed by atoms with Crippen LogP contribution in [0.4, 0.5) is 11.4 Å². The number of carbonyl (C=O) groups is 1. The lowest BCUT2D eigenvalue weighted by Crippen LogP contribution is -2.11. The fourth-order valence-corrected chi connectivity index (χ4v) is 1.50. The SMILES string of the molecule is CCCC(=O)Nc1cc(OC)c(N)cc1Cl. The normalized spacial score (nSPS) is 9.94. The van der Waals surface area contributed by atoms with Crippen molar-refractivity contribution in [2.75, 3.05) is 18.2 Å². The number of nitrogens with one attached hydrogen (secondary N) is 1. The van der Waals surface area contributed by atoms with E-state index in [1.165, 1.54) is 7.11 Å². The average Bonchev–Trinajstić information content (AvgIpc) is 2.22. The molecule has 0 radical (unpaired) electrons. The standard InChI is InChI=1S/C11H15ClN2O2/c1-3-4-11(15)14-9-6-10(16-2)8(13)5-7(9)12/h5-6H,3-4,13H2,1-2H3,(H,14,15). The van der Waals surface area contributed by atoms with Crippen LogP contribution in [0.5, 0.6) is 5.75 Å². The van der Waals surface area contributed by atoms with Gasteiger partial charge in [0.1, 0.15) is 5.75 Å². The van der Waals surface area contributed by atoms with E-state index in [0.717, 1.165) is 6.42 Å². The number of hydrogen-bond donors (Lipinski definition) is 2. The predicted molar refractivity (Wildman–Crippen MR) is 66.0 cm³/mol. The molecule has 16 heavy (non-hydrogen) atoms. The smallest absolute Gasteiger partial charge is 0.224 e. The monoisotopic (exact) mass is 242 g/mol. The highest BCUT2D eigenvalue weighted by atomic mass is 35.5. The molecule has 0 aliphatic heterocycles. The van der Waals surface area contributed by atoms with Gasteiger partial charge in [0.25, 0.3) is 0 Å². The number of benzene rings is 1. The topological polar surface area (TPSA) is 64.3 Å². The lowest BCUT2D eigenvalue weighted by atomic mass is 10.2. The molecule has 0 aliphatic carbocycles. The van der Waals surface area contributed by atoms with Crippen molar-refractivity contribution in [3.05, 3.63) is 17.2 Å². The fraction of sp³-hybridized carbons (Fsp3) is 0.364. The summed E-state index contributed by atoms with van der Waals surface area (Å²) in [5, 5.41) is 3.11. The first kappa shape index (κ1) is 12.6. The molecule has 0 heterocycles. The lowest BCUT2D eigenvalue weighted by molar-refractivity contribution is -0.116. The van der Waals surface area contributed by atoms with E-state index in [9.17, 15) is 4.79 Å². The first-order valence-electron chi connectivity index (χ1n) is 5.01. The molecule has 0 saturated heterocycles. The molecule has 0 aromatic heterocycles. The Balaban J connectivity index is 2.91. The van der Waals surface area contributed by atoms with Crippen LogP contribution in [0.3, 0.4) is 0 Å². The molecule has 5 heteroatoms. The first-order valence-corrected chi connectivity index (χ1v) is 5.39. The minimum Gasteiger partial charge on any atom is -0.495 e. The van der Waals surface area contributed by atoms with Crippen molar-refractivity contribution in [2.24, 2.45) is 0 Å². The van der Waals surface area contributed by atoms with Crippen LogP contribution in [0.15, 0.2) is 12.1 Å². The molecule has 0 fully saturated rings. The highest BCUT2D eigenvalue weighted by Crippen LogP contribution is 2.32. The molecule has 1 rings (SSSR count). The van der Waals surface area contributed by atoms with Gasteiger partial charge in [-0.3, -0.25) is 4.79 Å². The Morgan fingerprint density at radius 3 is 2.81 bits per heavy atom. The number of methoxy groups -OCH3 is 1. The number of ether oxygens (including phenoxy) is 1. The van der Waals surface area contributed by atoms with Crippen LogP contribution in [-0.2, 0) is 4.79 Å². The van der Waals surface area contributed by atoms with Crippen molar-refractivity contribution in [1.82, 2.24) is 0 Å². The first-order chi connectivity index (χ1) is 7.58. The van der Waals surface area contributed by atoms with Crippen LogP contribution in [0, 0.1) is 0 Å². The molecule has 1 aromatic rings. The number of nitrogen functional groups attached to an aromatic ring is 1. The van der Waals surface area contributed by atoms with Gasteiger partial charge in [0, 0.05) is 12.5 Å². The van der Waals surface area contributed by atoms with Gasteiger partial charge in [-0.25, -0.2) is 0 Å². The third-order valence-electron chi connectivity index (χ3n) is 2.07. The third-order valence-corrected chi connectivity index (χ3v) is 2.38. The molecular weight excluding hydrogens is 228 g/mol. The average molecular weight is 243 g/mol. The summed E-state index contributed by atoms with van der Waals surface area (Å²) in [6, 6.07) is 3.17. The molecule has 4 nitrogen and oxygen atoms in total. The largest absolute Gasteiger partial charge is 0.495 e. The van der Waals surface area contributed by atoms with Crippen molar-refractivity contribution in [2.45, 2.75) is 19.8 Å². The van der Waals surface area contributed by atoms with Gasteiger partial charge in [0.2, 0.25) is 5.91 Å². The highest BCUT2D eigenvalue weighted by molar-refractivity contribution is 6.34. The van der Waals surface area contributed by atoms with Crippen molar-refractivity contribution >= 4 is 28.9 Å². The molecule has 0 saturated carbocycles. The Morgan fingerprint density at radius 2 is 2.25 bits per heavy atom. The Hall–Kier alpha value is -1.42. The summed E-state index contributed by atoms with van der Waals surface area (Å²) in [6.07, 6.45) is 1.25. The van der Waals surface area contributed by atoms with E-state index >= 15 is 0 Å². The molecule has 1 amide bonds. The van der Waals surface area contributed by atoms with Crippen LogP contribution in [-0.4, -0.2) is 13.0 Å². The zero-order chi connectivity index (χ0) is 12.1. The highest BCUT2D eigenvalue weighted by Gasteiger charge is 2.09. The van der Waals surface area contributed by atoms with Crippen LogP contribution in [0.2, 0.25) is 5.02 Å². The number of halogens is 1. The Kier molecular flexibility index (Phi) is 4.43. The van der Waals surface area contributed by atoms with Crippen LogP contribution < -0.4 is 15.8 Å². The summed E-state index contributed by atoms with van der Waals surface area (Å²) in [5.41, 5.74) is 6.63. The number of carbonyl (C=O) groups excluding carboxylic acids is 1. The number of nitrogens with two attached hydrogens (primary N) is 1. The molecule has 0 bridgehead atoms. The van der Waals surface area contributed by atoms with Gasteiger partial charge in [0.05, 0.1) is 23.5 Å². The Labute approximate surface area is 99.7 Å². The molecule has 0 atom stereocenters. The third kappa shape index (κ3) is 3.03. The van der Waals surface area contributed by atoms with Crippen LogP contribution >= 0.6 is 11.6 Å². The second-order valence-electron chi connectivity index (χ2n) is 3.37. The lowest BCUT2D eigenvalue weighted by Gasteiger charge is -2.10. The molecule has 1 aromatic carbocycles. The van der Waals surface area contributed by atoms with Crippen molar-refractivity contribution < 1.29 is 9.53 Å². The van der Waals surface area contributed by atoms with Crippen molar-refractivity contribution in [1.29, 1.82) is 0 Å². The maximum absolute atomic E-state index is 11.4. The molecule has 3 N–H and O–H groups in total. The quantitative estimate of drug-likeness (QED) is 0.798. The Bertz CT molecular complexity index is 394. The second kappa shape index (κ2) is 5.61. The number of amides is 1. The van der Waals surface area contributed by atoms with E-state index in [1.54, 1.807) is 12.1 Å². The summed E-state index contributed by atoms with van der Waals surface area (Å²) in [4.78, 5) is 11.4. The van der Waals surface area contributed by atoms with Crippen LogP contribution in [0.1, 0.15) is 19.8 Å². The van der Waals surface area contributed by atoms with Gasteiger partial charge >= 0.3 is 0 Å². The summed E-state index contributed by atoms with van der Waals surface area (Å²) >= 11 is 5.95. The zero-order valence-corrected chi connectivity index (χ0v) is 10.1. The van der Waals surface area contributed by atoms with E-state index in [4.69, 9.17) is 22.1 Å². The Morgan fingerprint density at radius 1 is 1.56 bits per heavy atom. The summed E-state index contributed by atoms with van der Waals surface area (Å²) < 4.78 is 5.05. The van der Waals surface area contributed by atoms with Gasteiger partial charge < -0.3 is 15.8 Å². The molecule has 88 valence electrons. The van der Waals surface area contributed by atoms with Gasteiger partial charge in [-0.15, -0.1) is 0 Å². The van der Waals surface area contributed by atoms with E-state index < -0.39 is 0 Å². The summed E-state index contributed by atoms with van der Waals surface area (Å²) in [6.45, 7) is 1.94. The molecule has 0 spiro atoms. The van der Waals surface area contributed by atoms with E-state index in [0.29, 0.717) is 28.6 Å². The maximum Gasteiger partial charge on any atom is 0.224 e. The summed E-state index contributed by atoms with van der Waals surface area (Å²) in [5.74, 6) is 0.424. The second-order valence-corrected chi connectivity index (χ2v) is 3.78. The summed E-state index contributed by atoms with van der Waals surface area (Å²) in [7, 11) is 1.51. The molecular formula is C11H15ClN2O2. The maximum atomic E-state index is 11.4. The fourth-order valence-electron chi connectivity index (χ4n) is 1.28. The van der Waals surface area contributed by atoms with E-state index in [2.05, 4.69) is 5.32 Å². The predicted octanol–water partition coefficient (Wildman–Crippen LogP) is 2.67. The van der Waals surface area contributed by atoms with E-state index in [1.807, 2.05) is 6.92 Å². The van der Waals surface area contributed by atoms with Crippen molar-refractivity contribution in [3.63, 3.8) is 0 Å². The molecule has 0 unspecified atom stereocenters. The number of anilines is 2. The minimum atomic E-state index is -0.0729. The zero-order valence-electron chi connectivity index (χ0n) is 9.34. The number of hydrogen-bond acceptors (Lipinski definition) is 3. The van der Waals surface area contributed by atoms with Gasteiger partial charge in [-0.05, 0) is 12.5 Å². The van der Waals surface area contributed by atoms with Gasteiger partial charge in [-0.2, -0.15) is 0 Å². The van der Waals surface area contributed by atoms with Gasteiger partial charge in [-0.1, -0.05) is 18.5 Å². The van der Waals surface area contributed by atoms with Crippen molar-refractivity contribution in [3.8, 4) is 5.75 Å². The number of rotatable bonds is 4. The van der Waals surface area contributed by atoms with Gasteiger partial charge in [0.15, 0.2) is 0 Å².